The molecule has 0 spiro atoms. The summed E-state index contributed by atoms with van der Waals surface area (Å²) in [7, 11) is 2.67. The minimum absolute atomic E-state index is 0.743. The third-order valence-electron chi connectivity index (χ3n) is 4.08. The normalized spacial score (nSPS) is 10.5. The van der Waals surface area contributed by atoms with Crippen LogP contribution in [0.4, 0.5) is 0 Å². The van der Waals surface area contributed by atoms with Crippen LogP contribution < -0.4 is 4.74 Å². The first-order valence-electron chi connectivity index (χ1n) is 8.83. The second-order valence-corrected chi connectivity index (χ2v) is 5.73. The molecule has 3 heteroatoms. The summed E-state index contributed by atoms with van der Waals surface area (Å²) in [6.07, 6.45) is 5.39. The zero-order valence-corrected chi connectivity index (χ0v) is 16.3. The summed E-state index contributed by atoms with van der Waals surface area (Å²) in [6.45, 7) is 7.67. The van der Waals surface area contributed by atoms with Gasteiger partial charge in [-0.25, -0.2) is 4.42 Å². The number of hydrogen-bond donors (Lipinski definition) is 1. The van der Waals surface area contributed by atoms with E-state index < -0.39 is 0 Å². The number of ether oxygens (including phenoxy) is 1. The lowest BCUT2D eigenvalue weighted by molar-refractivity contribution is 0.399. The van der Waals surface area contributed by atoms with Gasteiger partial charge in [0.25, 0.3) is 0 Å². The van der Waals surface area contributed by atoms with Crippen LogP contribution in [0.5, 0.6) is 5.75 Å². The first kappa shape index (κ1) is 20.9. The second kappa shape index (κ2) is 10.7. The average molecular weight is 373 g/mol. The van der Waals surface area contributed by atoms with Crippen molar-refractivity contribution in [2.45, 2.75) is 0 Å². The second-order valence-electron chi connectivity index (χ2n) is 5.73. The molecule has 1 N–H and O–H groups in total. The highest BCUT2D eigenvalue weighted by molar-refractivity contribution is 5.78. The number of rotatable bonds is 6. The molecule has 0 bridgehead atoms. The zero-order chi connectivity index (χ0) is 20.4. The maximum Gasteiger partial charge on any atom is 0.361 e. The largest absolute Gasteiger partial charge is 0.497 e. The number of hydrogen-bond acceptors (Lipinski definition) is 2. The number of aliphatic hydroxyl groups excluding tert-OH is 1. The van der Waals surface area contributed by atoms with Gasteiger partial charge in [0.05, 0.1) is 30.4 Å². The van der Waals surface area contributed by atoms with Crippen LogP contribution in [0.15, 0.2) is 103 Å². The van der Waals surface area contributed by atoms with Crippen molar-refractivity contribution >= 4 is 5.57 Å². The van der Waals surface area contributed by atoms with E-state index in [1.807, 2.05) is 66.7 Å². The minimum Gasteiger partial charge on any atom is -0.497 e. The van der Waals surface area contributed by atoms with Crippen LogP contribution in [0, 0.1) is 0 Å². The average Bonchev–Trinajstić information content (AvgIpc) is 2.79. The van der Waals surface area contributed by atoms with Crippen LogP contribution in [0.2, 0.25) is 0 Å². The maximum absolute atomic E-state index is 7.00. The molecular formula is C25H25O3+. The Labute approximate surface area is 166 Å². The van der Waals surface area contributed by atoms with Gasteiger partial charge in [-0.15, -0.1) is 0 Å². The van der Waals surface area contributed by atoms with Gasteiger partial charge >= 0.3 is 11.5 Å². The highest BCUT2D eigenvalue weighted by Gasteiger charge is 2.20. The van der Waals surface area contributed by atoms with Crippen LogP contribution in [0.3, 0.4) is 0 Å². The van der Waals surface area contributed by atoms with Gasteiger partial charge in [-0.3, -0.25) is 0 Å². The standard InChI is InChI=1S/C24H21O2.CH4O/c1-4-9-18(5-2)23-16-21(19-12-14-22(25-3)15-13-19)17-24(26-23)20-10-7-6-8-11-20;1-2/h4-17H,1-2H2,3H3;2H,1H3/q+1;/b18-9+;. The third kappa shape index (κ3) is 5.06. The Morgan fingerprint density at radius 2 is 1.57 bits per heavy atom. The Balaban J connectivity index is 0.00000136. The molecule has 0 aliphatic heterocycles. The van der Waals surface area contributed by atoms with Gasteiger partial charge in [-0.05, 0) is 35.9 Å². The Morgan fingerprint density at radius 1 is 0.893 bits per heavy atom. The number of methoxy groups -OCH3 is 1. The van der Waals surface area contributed by atoms with Gasteiger partial charge in [-0.1, -0.05) is 55.6 Å². The fraction of sp³-hybridized carbons (Fsp3) is 0.0800. The zero-order valence-electron chi connectivity index (χ0n) is 16.3. The molecule has 0 aliphatic carbocycles. The molecule has 0 saturated carbocycles. The summed E-state index contributed by atoms with van der Waals surface area (Å²) in [6, 6.07) is 22.1. The smallest absolute Gasteiger partial charge is 0.361 e. The summed E-state index contributed by atoms with van der Waals surface area (Å²) in [5, 5.41) is 7.00. The first-order valence-corrected chi connectivity index (χ1v) is 8.83. The number of allylic oxidation sites excluding steroid dienone is 4. The Bertz CT molecular complexity index is 939. The van der Waals surface area contributed by atoms with Crippen molar-refractivity contribution in [3.05, 3.63) is 104 Å². The molecule has 0 fully saturated rings. The predicted octanol–water partition coefficient (Wildman–Crippen LogP) is 6.27. The fourth-order valence-corrected chi connectivity index (χ4v) is 2.72. The van der Waals surface area contributed by atoms with E-state index in [1.54, 1.807) is 19.3 Å². The molecule has 1 aromatic heterocycles. The highest BCUT2D eigenvalue weighted by atomic mass is 16.5. The van der Waals surface area contributed by atoms with E-state index in [0.29, 0.717) is 0 Å². The van der Waals surface area contributed by atoms with Crippen molar-refractivity contribution in [1.82, 2.24) is 0 Å². The minimum atomic E-state index is 0.743. The molecule has 3 nitrogen and oxygen atoms in total. The van der Waals surface area contributed by atoms with Gasteiger partial charge in [0, 0.05) is 12.7 Å². The van der Waals surface area contributed by atoms with Crippen LogP contribution >= 0.6 is 0 Å². The molecule has 3 rings (SSSR count). The number of aliphatic hydroxyl groups is 1. The predicted molar refractivity (Wildman–Crippen MR) is 117 cm³/mol. The van der Waals surface area contributed by atoms with Crippen molar-refractivity contribution in [1.29, 1.82) is 0 Å². The van der Waals surface area contributed by atoms with Gasteiger partial charge in [0.1, 0.15) is 5.75 Å². The quantitative estimate of drug-likeness (QED) is 0.409. The summed E-state index contributed by atoms with van der Waals surface area (Å²) in [5.74, 6) is 2.37. The third-order valence-corrected chi connectivity index (χ3v) is 4.08. The SMILES string of the molecule is C=C/C=C(\C=C)c1cc(-c2ccc(OC)cc2)cc(-c2ccccc2)[o+]1.CO. The summed E-state index contributed by atoms with van der Waals surface area (Å²) in [4.78, 5) is 0. The fourth-order valence-electron chi connectivity index (χ4n) is 2.72. The van der Waals surface area contributed by atoms with Crippen molar-refractivity contribution in [3.8, 4) is 28.2 Å². The monoisotopic (exact) mass is 373 g/mol. The van der Waals surface area contributed by atoms with Crippen molar-refractivity contribution in [2.75, 3.05) is 14.2 Å². The lowest BCUT2D eigenvalue weighted by atomic mass is 10.0. The van der Waals surface area contributed by atoms with E-state index in [0.717, 1.165) is 46.6 Å². The molecule has 0 saturated heterocycles. The van der Waals surface area contributed by atoms with E-state index in [4.69, 9.17) is 14.3 Å². The van der Waals surface area contributed by atoms with Crippen LogP contribution in [-0.4, -0.2) is 19.3 Å². The molecule has 0 unspecified atom stereocenters. The van der Waals surface area contributed by atoms with E-state index in [-0.39, 0.29) is 0 Å². The maximum atomic E-state index is 7.00. The van der Waals surface area contributed by atoms with E-state index >= 15 is 0 Å². The van der Waals surface area contributed by atoms with Gasteiger partial charge in [0.15, 0.2) is 0 Å². The van der Waals surface area contributed by atoms with Gasteiger partial charge < -0.3 is 9.84 Å². The Morgan fingerprint density at radius 3 is 2.14 bits per heavy atom. The molecule has 0 radical (unpaired) electrons. The lowest BCUT2D eigenvalue weighted by Gasteiger charge is -2.04. The van der Waals surface area contributed by atoms with Crippen molar-refractivity contribution in [3.63, 3.8) is 0 Å². The van der Waals surface area contributed by atoms with E-state index in [2.05, 4.69) is 19.2 Å². The summed E-state index contributed by atoms with van der Waals surface area (Å²) in [5.41, 5.74) is 4.05. The molecule has 0 aliphatic rings. The Kier molecular flexibility index (Phi) is 7.94. The van der Waals surface area contributed by atoms with Crippen LogP contribution in [-0.2, 0) is 0 Å². The highest BCUT2D eigenvalue weighted by Crippen LogP contribution is 2.32. The lowest BCUT2D eigenvalue weighted by Crippen LogP contribution is -1.88. The van der Waals surface area contributed by atoms with E-state index in [9.17, 15) is 0 Å². The van der Waals surface area contributed by atoms with Crippen molar-refractivity contribution < 1.29 is 14.3 Å². The molecule has 1 heterocycles. The molecule has 28 heavy (non-hydrogen) atoms. The van der Waals surface area contributed by atoms with E-state index in [1.165, 1.54) is 0 Å². The molecule has 2 aromatic carbocycles. The topological polar surface area (TPSA) is 40.8 Å². The molecule has 142 valence electrons. The summed E-state index contributed by atoms with van der Waals surface area (Å²) < 4.78 is 11.4. The number of benzene rings is 2. The van der Waals surface area contributed by atoms with Crippen LogP contribution in [0.25, 0.3) is 28.0 Å². The molecule has 0 amide bonds. The molecule has 3 aromatic rings. The van der Waals surface area contributed by atoms with Crippen molar-refractivity contribution in [2.24, 2.45) is 0 Å². The Hall–Kier alpha value is -3.43. The first-order chi connectivity index (χ1) is 13.7. The van der Waals surface area contributed by atoms with Crippen LogP contribution in [0.1, 0.15) is 5.76 Å². The molecule has 0 atom stereocenters. The molecular weight excluding hydrogens is 348 g/mol. The van der Waals surface area contributed by atoms with Gasteiger partial charge in [0.2, 0.25) is 0 Å². The summed E-state index contributed by atoms with van der Waals surface area (Å²) >= 11 is 0. The van der Waals surface area contributed by atoms with Gasteiger partial charge in [-0.2, -0.15) is 0 Å².